The third-order valence-corrected chi connectivity index (χ3v) is 3.93. The summed E-state index contributed by atoms with van der Waals surface area (Å²) in [6, 6.07) is 5.11. The summed E-state index contributed by atoms with van der Waals surface area (Å²) in [7, 11) is 1.58. The van der Waals surface area contributed by atoms with Crippen molar-refractivity contribution in [3.05, 3.63) is 28.7 Å². The van der Waals surface area contributed by atoms with Crippen LogP contribution in [0.3, 0.4) is 0 Å². The zero-order valence-corrected chi connectivity index (χ0v) is 12.7. The lowest BCUT2D eigenvalue weighted by atomic mass is 10.1. The summed E-state index contributed by atoms with van der Waals surface area (Å²) in [5, 5.41) is 2.80. The van der Waals surface area contributed by atoms with Gasteiger partial charge in [-0.25, -0.2) is 4.79 Å². The minimum atomic E-state index is -0.375. The highest BCUT2D eigenvalue weighted by Gasteiger charge is 2.33. The van der Waals surface area contributed by atoms with E-state index in [0.717, 1.165) is 0 Å². The number of nitrogens with zero attached hydrogens (tertiary/aromatic N) is 1. The van der Waals surface area contributed by atoms with Crippen molar-refractivity contribution < 1.29 is 14.3 Å². The monoisotopic (exact) mass is 318 g/mol. The molecule has 0 spiro atoms. The molecule has 1 aromatic carbocycles. The van der Waals surface area contributed by atoms with Gasteiger partial charge in [0.1, 0.15) is 0 Å². The lowest BCUT2D eigenvalue weighted by Gasteiger charge is -2.15. The van der Waals surface area contributed by atoms with E-state index >= 15 is 0 Å². The molecule has 1 atom stereocenters. The number of amides is 2. The Morgan fingerprint density at radius 2 is 2.13 bits per heavy atom. The van der Waals surface area contributed by atoms with Gasteiger partial charge in [-0.3, -0.25) is 9.59 Å². The third-order valence-electron chi connectivity index (χ3n) is 3.93. The van der Waals surface area contributed by atoms with Crippen molar-refractivity contribution in [1.29, 1.82) is 0 Å². The number of ether oxygens (including phenoxy) is 1. The van der Waals surface area contributed by atoms with Crippen molar-refractivity contribution in [2.45, 2.75) is 6.42 Å². The smallest absolute Gasteiger partial charge is 0.323 e. The van der Waals surface area contributed by atoms with E-state index in [9.17, 15) is 14.4 Å². The zero-order chi connectivity index (χ0) is 16.4. The first-order valence-corrected chi connectivity index (χ1v) is 7.36. The first kappa shape index (κ1) is 15.3. The summed E-state index contributed by atoms with van der Waals surface area (Å²) in [6.45, 7) is 1.35. The Morgan fingerprint density at radius 1 is 1.35 bits per heavy atom. The molecule has 0 unspecified atom stereocenters. The summed E-state index contributed by atoms with van der Waals surface area (Å²) in [5.41, 5.74) is 1.59. The van der Waals surface area contributed by atoms with Crippen LogP contribution in [0.2, 0.25) is 0 Å². The maximum absolute atomic E-state index is 12.3. The lowest BCUT2D eigenvalue weighted by Crippen LogP contribution is -2.30. The van der Waals surface area contributed by atoms with Crippen LogP contribution in [-0.2, 0) is 14.3 Å². The van der Waals surface area contributed by atoms with Gasteiger partial charge in [-0.05, 0) is 18.2 Å². The number of aromatic nitrogens is 2. The molecule has 1 aliphatic rings. The molecule has 1 fully saturated rings. The van der Waals surface area contributed by atoms with Gasteiger partial charge in [0.2, 0.25) is 11.8 Å². The van der Waals surface area contributed by atoms with E-state index in [1.54, 1.807) is 30.2 Å². The van der Waals surface area contributed by atoms with E-state index < -0.39 is 0 Å². The number of likely N-dealkylation sites (tertiary alicyclic amines) is 1. The first-order valence-electron chi connectivity index (χ1n) is 7.36. The third kappa shape index (κ3) is 3.26. The maximum atomic E-state index is 12.3. The molecule has 8 heteroatoms. The number of hydrogen-bond donors (Lipinski definition) is 3. The number of imidazole rings is 1. The topological polar surface area (TPSA) is 107 Å². The van der Waals surface area contributed by atoms with Crippen molar-refractivity contribution >= 4 is 28.5 Å². The number of anilines is 1. The summed E-state index contributed by atoms with van der Waals surface area (Å²) in [4.78, 5) is 42.3. The first-order chi connectivity index (χ1) is 11.1. The van der Waals surface area contributed by atoms with Gasteiger partial charge in [-0.15, -0.1) is 0 Å². The maximum Gasteiger partial charge on any atom is 0.323 e. The second-order valence-electron chi connectivity index (χ2n) is 5.56. The Balaban J connectivity index is 1.66. The van der Waals surface area contributed by atoms with E-state index in [2.05, 4.69) is 15.3 Å². The fraction of sp³-hybridized carbons (Fsp3) is 0.400. The van der Waals surface area contributed by atoms with Gasteiger partial charge in [0, 0.05) is 32.3 Å². The van der Waals surface area contributed by atoms with Crippen molar-refractivity contribution in [3.63, 3.8) is 0 Å². The average molecular weight is 318 g/mol. The molecule has 3 N–H and O–H groups in total. The van der Waals surface area contributed by atoms with Gasteiger partial charge in [0.15, 0.2) is 0 Å². The molecular formula is C15H18N4O4. The Kier molecular flexibility index (Phi) is 4.16. The van der Waals surface area contributed by atoms with Crippen LogP contribution in [0.15, 0.2) is 23.0 Å². The van der Waals surface area contributed by atoms with E-state index in [-0.39, 0.29) is 29.8 Å². The Morgan fingerprint density at radius 3 is 2.91 bits per heavy atom. The van der Waals surface area contributed by atoms with Crippen molar-refractivity contribution in [2.75, 3.05) is 32.1 Å². The van der Waals surface area contributed by atoms with E-state index in [0.29, 0.717) is 36.4 Å². The molecule has 23 heavy (non-hydrogen) atoms. The van der Waals surface area contributed by atoms with Crippen LogP contribution < -0.4 is 11.0 Å². The molecule has 0 radical (unpaired) electrons. The molecule has 2 amide bonds. The fourth-order valence-electron chi connectivity index (χ4n) is 2.72. The molecule has 0 saturated carbocycles. The lowest BCUT2D eigenvalue weighted by molar-refractivity contribution is -0.128. The van der Waals surface area contributed by atoms with Crippen LogP contribution in [0.5, 0.6) is 0 Å². The number of hydrogen-bond acceptors (Lipinski definition) is 4. The van der Waals surface area contributed by atoms with Crippen LogP contribution in [-0.4, -0.2) is 53.5 Å². The number of benzene rings is 1. The highest BCUT2D eigenvalue weighted by atomic mass is 16.5. The fourth-order valence-corrected chi connectivity index (χ4v) is 2.72. The Hall–Kier alpha value is -2.61. The van der Waals surface area contributed by atoms with Crippen molar-refractivity contribution in [2.24, 2.45) is 5.92 Å². The molecule has 1 saturated heterocycles. The van der Waals surface area contributed by atoms with Crippen LogP contribution >= 0.6 is 0 Å². The van der Waals surface area contributed by atoms with E-state index in [1.807, 2.05) is 0 Å². The highest BCUT2D eigenvalue weighted by molar-refractivity contribution is 5.98. The number of methoxy groups -OCH3 is 1. The highest BCUT2D eigenvalue weighted by Crippen LogP contribution is 2.21. The molecule has 2 aromatic rings. The molecule has 8 nitrogen and oxygen atoms in total. The summed E-state index contributed by atoms with van der Waals surface area (Å²) in [6.07, 6.45) is 0.207. The molecule has 1 aromatic heterocycles. The van der Waals surface area contributed by atoms with Gasteiger partial charge in [-0.2, -0.15) is 0 Å². The van der Waals surface area contributed by atoms with Crippen LogP contribution in [0.4, 0.5) is 5.69 Å². The number of H-pyrrole nitrogens is 2. The zero-order valence-electron chi connectivity index (χ0n) is 12.7. The van der Waals surface area contributed by atoms with Gasteiger partial charge < -0.3 is 24.9 Å². The second kappa shape index (κ2) is 6.25. The van der Waals surface area contributed by atoms with E-state index in [1.165, 1.54) is 0 Å². The number of carbonyl (C=O) groups is 2. The number of carbonyl (C=O) groups excluding carboxylic acids is 2. The van der Waals surface area contributed by atoms with Crippen molar-refractivity contribution in [3.8, 4) is 0 Å². The minimum absolute atomic E-state index is 0.0346. The predicted molar refractivity (Wildman–Crippen MR) is 84.1 cm³/mol. The van der Waals surface area contributed by atoms with Crippen LogP contribution in [0.25, 0.3) is 11.0 Å². The number of nitrogens with one attached hydrogen (secondary N) is 3. The standard InChI is InChI=1S/C15H18N4O4/c1-23-5-4-19-8-9(6-13(19)20)14(21)16-10-2-3-11-12(7-10)18-15(22)17-11/h2-3,7,9H,4-6,8H2,1H3,(H,16,21)(H2,17,18,22)/t9-/m1/s1. The largest absolute Gasteiger partial charge is 0.383 e. The number of fused-ring (bicyclic) bond motifs is 1. The number of rotatable bonds is 5. The molecule has 3 rings (SSSR count). The number of aromatic amines is 2. The molecule has 122 valence electrons. The average Bonchev–Trinajstić information content (AvgIpc) is 3.06. The molecule has 0 aliphatic carbocycles. The van der Waals surface area contributed by atoms with Gasteiger partial charge in [0.25, 0.3) is 0 Å². The molecular weight excluding hydrogens is 300 g/mol. The SMILES string of the molecule is COCCN1C[C@H](C(=O)Nc2ccc3[nH]c(=O)[nH]c3c2)CC1=O. The molecule has 0 bridgehead atoms. The second-order valence-corrected chi connectivity index (χ2v) is 5.56. The predicted octanol–water partition coefficient (Wildman–Crippen LogP) is 0.290. The quantitative estimate of drug-likeness (QED) is 0.736. The Labute approximate surface area is 131 Å². The van der Waals surface area contributed by atoms with E-state index in [4.69, 9.17) is 4.74 Å². The molecule has 2 heterocycles. The minimum Gasteiger partial charge on any atom is -0.383 e. The summed E-state index contributed by atoms with van der Waals surface area (Å²) in [5.74, 6) is -0.608. The van der Waals surface area contributed by atoms with Crippen molar-refractivity contribution in [1.82, 2.24) is 14.9 Å². The van der Waals surface area contributed by atoms with Crippen LogP contribution in [0.1, 0.15) is 6.42 Å². The van der Waals surface area contributed by atoms with Gasteiger partial charge >= 0.3 is 5.69 Å². The van der Waals surface area contributed by atoms with Crippen LogP contribution in [0, 0.1) is 5.92 Å². The Bertz CT molecular complexity index is 794. The summed E-state index contributed by atoms with van der Waals surface area (Å²) >= 11 is 0. The van der Waals surface area contributed by atoms with Gasteiger partial charge in [-0.1, -0.05) is 0 Å². The normalized spacial score (nSPS) is 17.9. The van der Waals surface area contributed by atoms with Gasteiger partial charge in [0.05, 0.1) is 23.6 Å². The summed E-state index contributed by atoms with van der Waals surface area (Å²) < 4.78 is 4.96. The molecule has 1 aliphatic heterocycles.